The lowest BCUT2D eigenvalue weighted by atomic mass is 9.95. The number of benzene rings is 2. The Kier molecular flexibility index (Phi) is 3.78. The van der Waals surface area contributed by atoms with E-state index in [2.05, 4.69) is 6.92 Å². The van der Waals surface area contributed by atoms with Gasteiger partial charge >= 0.3 is 5.97 Å². The van der Waals surface area contributed by atoms with Gasteiger partial charge in [0.1, 0.15) is 0 Å². The molecule has 2 aromatic carbocycles. The van der Waals surface area contributed by atoms with Gasteiger partial charge in [-0.1, -0.05) is 48.5 Å². The molecule has 0 aliphatic rings. The van der Waals surface area contributed by atoms with Crippen molar-refractivity contribution in [2.45, 2.75) is 6.42 Å². The Morgan fingerprint density at radius 2 is 1.67 bits per heavy atom. The largest absolute Gasteiger partial charge is 0.469 e. The Morgan fingerprint density at radius 1 is 1.06 bits per heavy atom. The number of hydrogen-bond acceptors (Lipinski definition) is 2. The second kappa shape index (κ2) is 5.50. The highest BCUT2D eigenvalue weighted by molar-refractivity contribution is 5.79. The first-order valence-electron chi connectivity index (χ1n) is 5.78. The quantitative estimate of drug-likeness (QED) is 0.768. The molecule has 1 radical (unpaired) electrons. The van der Waals surface area contributed by atoms with Gasteiger partial charge < -0.3 is 4.74 Å². The van der Waals surface area contributed by atoms with Crippen LogP contribution in [0.1, 0.15) is 11.1 Å². The van der Waals surface area contributed by atoms with Crippen LogP contribution in [0.25, 0.3) is 11.1 Å². The second-order valence-electron chi connectivity index (χ2n) is 4.07. The highest BCUT2D eigenvalue weighted by atomic mass is 16.5. The van der Waals surface area contributed by atoms with Gasteiger partial charge in [0.15, 0.2) is 0 Å². The molecule has 91 valence electrons. The van der Waals surface area contributed by atoms with Crippen molar-refractivity contribution in [3.8, 4) is 11.1 Å². The van der Waals surface area contributed by atoms with E-state index in [9.17, 15) is 4.79 Å². The Bertz CT molecular complexity index is 559. The van der Waals surface area contributed by atoms with E-state index >= 15 is 0 Å². The van der Waals surface area contributed by atoms with Crippen LogP contribution in [0.3, 0.4) is 0 Å². The molecule has 0 saturated heterocycles. The van der Waals surface area contributed by atoms with Crippen molar-refractivity contribution in [1.82, 2.24) is 0 Å². The van der Waals surface area contributed by atoms with Crippen molar-refractivity contribution in [3.63, 3.8) is 0 Å². The van der Waals surface area contributed by atoms with Crippen LogP contribution in [-0.4, -0.2) is 13.1 Å². The van der Waals surface area contributed by atoms with Crippen LogP contribution in [0.5, 0.6) is 0 Å². The molecule has 0 amide bonds. The third-order valence-corrected chi connectivity index (χ3v) is 2.89. The topological polar surface area (TPSA) is 26.3 Å². The summed E-state index contributed by atoms with van der Waals surface area (Å²) in [5, 5.41) is 0. The van der Waals surface area contributed by atoms with Gasteiger partial charge in [-0.2, -0.15) is 0 Å². The van der Waals surface area contributed by atoms with Gasteiger partial charge in [-0.05, 0) is 29.2 Å². The lowest BCUT2D eigenvalue weighted by Gasteiger charge is -2.11. The molecule has 0 aliphatic heterocycles. The summed E-state index contributed by atoms with van der Waals surface area (Å²) < 4.78 is 4.72. The van der Waals surface area contributed by atoms with E-state index < -0.39 is 0 Å². The van der Waals surface area contributed by atoms with Crippen molar-refractivity contribution in [3.05, 3.63) is 66.6 Å². The summed E-state index contributed by atoms with van der Waals surface area (Å²) in [4.78, 5) is 11.4. The summed E-state index contributed by atoms with van der Waals surface area (Å²) in [6.45, 7) is 4.02. The maximum Gasteiger partial charge on any atom is 0.309 e. The number of rotatable bonds is 3. The first-order valence-corrected chi connectivity index (χ1v) is 5.78. The van der Waals surface area contributed by atoms with Gasteiger partial charge in [0.25, 0.3) is 0 Å². The molecule has 0 unspecified atom stereocenters. The predicted molar refractivity (Wildman–Crippen MR) is 72.1 cm³/mol. The number of ether oxygens (including phenoxy) is 1. The second-order valence-corrected chi connectivity index (χ2v) is 4.07. The molecule has 0 aromatic heterocycles. The minimum Gasteiger partial charge on any atom is -0.469 e. The molecule has 0 aliphatic carbocycles. The fourth-order valence-electron chi connectivity index (χ4n) is 1.95. The van der Waals surface area contributed by atoms with Crippen LogP contribution in [-0.2, 0) is 16.0 Å². The highest BCUT2D eigenvalue weighted by Crippen LogP contribution is 2.27. The Hall–Kier alpha value is -2.09. The third-order valence-electron chi connectivity index (χ3n) is 2.89. The molecular weight excluding hydrogens is 224 g/mol. The van der Waals surface area contributed by atoms with E-state index in [1.807, 2.05) is 48.5 Å². The normalized spacial score (nSPS) is 10.1. The first-order chi connectivity index (χ1) is 8.72. The molecule has 2 rings (SSSR count). The monoisotopic (exact) mass is 239 g/mol. The van der Waals surface area contributed by atoms with Crippen LogP contribution < -0.4 is 0 Å². The van der Waals surface area contributed by atoms with Gasteiger partial charge in [-0.25, -0.2) is 0 Å². The van der Waals surface area contributed by atoms with E-state index in [-0.39, 0.29) is 12.4 Å². The molecule has 0 heterocycles. The summed E-state index contributed by atoms with van der Waals surface area (Å²) in [5.41, 5.74) is 4.00. The van der Waals surface area contributed by atoms with Crippen LogP contribution in [0.2, 0.25) is 0 Å². The first kappa shape index (κ1) is 12.4. The molecule has 0 atom stereocenters. The minimum absolute atomic E-state index is 0.232. The number of carbonyl (C=O) groups excluding carboxylic acids is 1. The molecule has 0 fully saturated rings. The third kappa shape index (κ3) is 2.59. The molecule has 0 N–H and O–H groups in total. The molecule has 0 spiro atoms. The fourth-order valence-corrected chi connectivity index (χ4v) is 1.95. The molecule has 2 nitrogen and oxygen atoms in total. The van der Waals surface area contributed by atoms with Gasteiger partial charge in [0.2, 0.25) is 0 Å². The lowest BCUT2D eigenvalue weighted by molar-refractivity contribution is -0.139. The molecule has 2 heteroatoms. The van der Waals surface area contributed by atoms with Gasteiger partial charge in [-0.15, -0.1) is 0 Å². The van der Waals surface area contributed by atoms with Crippen molar-refractivity contribution >= 4 is 5.97 Å². The number of methoxy groups -OCH3 is 1. The number of hydrogen-bond donors (Lipinski definition) is 0. The van der Waals surface area contributed by atoms with E-state index in [1.54, 1.807) is 0 Å². The summed E-state index contributed by atoms with van der Waals surface area (Å²) in [6.07, 6.45) is 0.279. The van der Waals surface area contributed by atoms with E-state index in [0.29, 0.717) is 0 Å². The summed E-state index contributed by atoms with van der Waals surface area (Å²) in [6, 6.07) is 15.7. The van der Waals surface area contributed by atoms with Crippen LogP contribution in [0.4, 0.5) is 0 Å². The predicted octanol–water partition coefficient (Wildman–Crippen LogP) is 3.25. The standard InChI is InChI=1S/C16H15O2/c1-12-7-3-5-9-14(12)15-10-6-4-8-13(15)11-16(17)18-2/h3-10H,1,11H2,2H3. The molecule has 0 saturated carbocycles. The zero-order chi connectivity index (χ0) is 13.0. The Balaban J connectivity index is 2.45. The average Bonchev–Trinajstić information content (AvgIpc) is 2.40. The van der Waals surface area contributed by atoms with E-state index in [4.69, 9.17) is 4.74 Å². The number of esters is 1. The average molecular weight is 239 g/mol. The Morgan fingerprint density at radius 3 is 2.33 bits per heavy atom. The number of carbonyl (C=O) groups is 1. The maximum atomic E-state index is 11.4. The van der Waals surface area contributed by atoms with Crippen LogP contribution in [0, 0.1) is 6.92 Å². The minimum atomic E-state index is -0.232. The SMILES string of the molecule is [CH2]c1ccccc1-c1ccccc1CC(=O)OC. The van der Waals surface area contributed by atoms with Crippen LogP contribution in [0.15, 0.2) is 48.5 Å². The fraction of sp³-hybridized carbons (Fsp3) is 0.125. The van der Waals surface area contributed by atoms with Crippen molar-refractivity contribution in [2.24, 2.45) is 0 Å². The summed E-state index contributed by atoms with van der Waals surface area (Å²) in [5.74, 6) is -0.232. The summed E-state index contributed by atoms with van der Waals surface area (Å²) in [7, 11) is 1.40. The smallest absolute Gasteiger partial charge is 0.309 e. The van der Waals surface area contributed by atoms with Crippen LogP contribution >= 0.6 is 0 Å². The van der Waals surface area contributed by atoms with Gasteiger partial charge in [0.05, 0.1) is 13.5 Å². The van der Waals surface area contributed by atoms with E-state index in [1.165, 1.54) is 7.11 Å². The van der Waals surface area contributed by atoms with Crippen molar-refractivity contribution < 1.29 is 9.53 Å². The van der Waals surface area contributed by atoms with Gasteiger partial charge in [-0.3, -0.25) is 4.79 Å². The van der Waals surface area contributed by atoms with E-state index in [0.717, 1.165) is 22.3 Å². The molecule has 0 bridgehead atoms. The highest BCUT2D eigenvalue weighted by Gasteiger charge is 2.10. The zero-order valence-electron chi connectivity index (χ0n) is 10.3. The lowest BCUT2D eigenvalue weighted by Crippen LogP contribution is -2.05. The van der Waals surface area contributed by atoms with Crippen molar-refractivity contribution in [2.75, 3.05) is 7.11 Å². The van der Waals surface area contributed by atoms with Crippen molar-refractivity contribution in [1.29, 1.82) is 0 Å². The summed E-state index contributed by atoms with van der Waals surface area (Å²) >= 11 is 0. The molecule has 2 aromatic rings. The molecule has 18 heavy (non-hydrogen) atoms. The molecular formula is C16H15O2. The maximum absolute atomic E-state index is 11.4. The Labute approximate surface area is 107 Å². The zero-order valence-corrected chi connectivity index (χ0v) is 10.3. The van der Waals surface area contributed by atoms with Gasteiger partial charge in [0, 0.05) is 0 Å².